The number of aromatic amines is 1. The number of aryl methyl sites for hydroxylation is 1. The van der Waals surface area contributed by atoms with E-state index in [1.165, 1.54) is 10.6 Å². The van der Waals surface area contributed by atoms with Crippen LogP contribution in [0.1, 0.15) is 40.9 Å². The zero-order valence-corrected chi connectivity index (χ0v) is 14.3. The van der Waals surface area contributed by atoms with Crippen LogP contribution in [0.25, 0.3) is 5.65 Å². The molecule has 1 aliphatic heterocycles. The summed E-state index contributed by atoms with van der Waals surface area (Å²) in [6.45, 7) is 2.89. The van der Waals surface area contributed by atoms with E-state index >= 15 is 0 Å². The maximum Gasteiger partial charge on any atom is 0.277 e. The Balaban J connectivity index is 1.52. The summed E-state index contributed by atoms with van der Waals surface area (Å²) < 4.78 is 15.7. The van der Waals surface area contributed by atoms with E-state index in [1.54, 1.807) is 17.0 Å². The molecule has 0 atom stereocenters. The van der Waals surface area contributed by atoms with E-state index in [0.29, 0.717) is 23.8 Å². The first kappa shape index (κ1) is 16.0. The summed E-state index contributed by atoms with van der Waals surface area (Å²) >= 11 is 5.88. The van der Waals surface area contributed by atoms with Crippen molar-refractivity contribution in [2.75, 3.05) is 13.1 Å². The SMILES string of the molecule is Cc1nc(C2CCN(C(=O)c3nc4ccc(Cl)cn4c3F)CC2)n[nH]1. The van der Waals surface area contributed by atoms with Gasteiger partial charge in [0, 0.05) is 25.2 Å². The second-order valence-corrected chi connectivity index (χ2v) is 6.61. The van der Waals surface area contributed by atoms with Gasteiger partial charge in [-0.15, -0.1) is 0 Å². The number of fused-ring (bicyclic) bond motifs is 1. The molecular formula is C16H16ClFN6O. The average Bonchev–Trinajstić information content (AvgIpc) is 3.19. The van der Waals surface area contributed by atoms with Gasteiger partial charge in [0.25, 0.3) is 5.91 Å². The lowest BCUT2D eigenvalue weighted by Gasteiger charge is -2.30. The Morgan fingerprint density at radius 2 is 2.08 bits per heavy atom. The summed E-state index contributed by atoms with van der Waals surface area (Å²) in [6, 6.07) is 3.20. The smallest absolute Gasteiger partial charge is 0.277 e. The second-order valence-electron chi connectivity index (χ2n) is 6.17. The van der Waals surface area contributed by atoms with Crippen LogP contribution in [0.15, 0.2) is 18.3 Å². The van der Waals surface area contributed by atoms with Gasteiger partial charge >= 0.3 is 0 Å². The van der Waals surface area contributed by atoms with Gasteiger partial charge in [-0.1, -0.05) is 11.6 Å². The van der Waals surface area contributed by atoms with E-state index < -0.39 is 11.9 Å². The number of aromatic nitrogens is 5. The third-order valence-electron chi connectivity index (χ3n) is 4.49. The van der Waals surface area contributed by atoms with Crippen LogP contribution in [-0.4, -0.2) is 48.5 Å². The molecule has 1 aliphatic rings. The molecule has 130 valence electrons. The molecule has 25 heavy (non-hydrogen) atoms. The van der Waals surface area contributed by atoms with E-state index in [9.17, 15) is 9.18 Å². The molecule has 4 heterocycles. The number of pyridine rings is 1. The van der Waals surface area contributed by atoms with Crippen molar-refractivity contribution in [3.05, 3.63) is 46.6 Å². The number of nitrogens with zero attached hydrogens (tertiary/aromatic N) is 5. The lowest BCUT2D eigenvalue weighted by Crippen LogP contribution is -2.38. The molecule has 3 aromatic heterocycles. The Morgan fingerprint density at radius 1 is 1.32 bits per heavy atom. The Kier molecular flexibility index (Phi) is 3.91. The van der Waals surface area contributed by atoms with E-state index in [0.717, 1.165) is 24.5 Å². The van der Waals surface area contributed by atoms with Crippen molar-refractivity contribution < 1.29 is 9.18 Å². The standard InChI is InChI=1S/C16H16ClFN6O/c1-9-19-15(22-21-9)10-4-6-23(7-5-10)16(25)13-14(18)24-8-11(17)2-3-12(24)20-13/h2-3,8,10H,4-7H2,1H3,(H,19,21,22). The number of carbonyl (C=O) groups is 1. The van der Waals surface area contributed by atoms with Crippen LogP contribution in [0.2, 0.25) is 5.02 Å². The summed E-state index contributed by atoms with van der Waals surface area (Å²) in [5.41, 5.74) is 0.186. The molecular weight excluding hydrogens is 347 g/mol. The fourth-order valence-corrected chi connectivity index (χ4v) is 3.32. The highest BCUT2D eigenvalue weighted by atomic mass is 35.5. The second kappa shape index (κ2) is 6.11. The minimum absolute atomic E-state index is 0.172. The minimum Gasteiger partial charge on any atom is -0.337 e. The van der Waals surface area contributed by atoms with Crippen molar-refractivity contribution in [1.29, 1.82) is 0 Å². The third-order valence-corrected chi connectivity index (χ3v) is 4.71. The first-order valence-electron chi connectivity index (χ1n) is 8.04. The molecule has 1 saturated heterocycles. The van der Waals surface area contributed by atoms with Gasteiger partial charge < -0.3 is 4.90 Å². The summed E-state index contributed by atoms with van der Waals surface area (Å²) in [6.07, 6.45) is 2.89. The van der Waals surface area contributed by atoms with Crippen molar-refractivity contribution in [2.45, 2.75) is 25.7 Å². The lowest BCUT2D eigenvalue weighted by molar-refractivity contribution is 0.0700. The normalized spacial score (nSPS) is 15.9. The zero-order chi connectivity index (χ0) is 17.6. The number of hydrogen-bond acceptors (Lipinski definition) is 4. The van der Waals surface area contributed by atoms with Crippen LogP contribution in [0, 0.1) is 12.9 Å². The number of imidazole rings is 1. The number of rotatable bonds is 2. The minimum atomic E-state index is -0.686. The van der Waals surface area contributed by atoms with E-state index in [4.69, 9.17) is 11.6 Å². The van der Waals surface area contributed by atoms with Gasteiger partial charge in [-0.05, 0) is 31.9 Å². The number of amides is 1. The van der Waals surface area contributed by atoms with Gasteiger partial charge in [0.1, 0.15) is 11.5 Å². The summed E-state index contributed by atoms with van der Waals surface area (Å²) in [5.74, 6) is 0.673. The number of H-pyrrole nitrogens is 1. The van der Waals surface area contributed by atoms with Crippen LogP contribution >= 0.6 is 11.6 Å². The van der Waals surface area contributed by atoms with Gasteiger partial charge in [0.2, 0.25) is 5.95 Å². The fourth-order valence-electron chi connectivity index (χ4n) is 3.16. The predicted octanol–water partition coefficient (Wildman–Crippen LogP) is 2.57. The number of halogens is 2. The molecule has 0 aromatic carbocycles. The first-order chi connectivity index (χ1) is 12.0. The maximum atomic E-state index is 14.5. The number of hydrogen-bond donors (Lipinski definition) is 1. The van der Waals surface area contributed by atoms with Crippen LogP contribution in [-0.2, 0) is 0 Å². The monoisotopic (exact) mass is 362 g/mol. The molecule has 1 N–H and O–H groups in total. The predicted molar refractivity (Wildman–Crippen MR) is 89.2 cm³/mol. The molecule has 7 nitrogen and oxygen atoms in total. The largest absolute Gasteiger partial charge is 0.337 e. The van der Waals surface area contributed by atoms with Gasteiger partial charge in [-0.25, -0.2) is 9.97 Å². The van der Waals surface area contributed by atoms with Crippen molar-refractivity contribution in [1.82, 2.24) is 29.5 Å². The number of piperidine rings is 1. The zero-order valence-electron chi connectivity index (χ0n) is 13.5. The molecule has 1 amide bonds. The van der Waals surface area contributed by atoms with Crippen molar-refractivity contribution in [3.63, 3.8) is 0 Å². The maximum absolute atomic E-state index is 14.5. The summed E-state index contributed by atoms with van der Waals surface area (Å²) in [7, 11) is 0. The van der Waals surface area contributed by atoms with Crippen LogP contribution in [0.3, 0.4) is 0 Å². The summed E-state index contributed by atoms with van der Waals surface area (Å²) in [5, 5.41) is 7.41. The molecule has 0 bridgehead atoms. The Morgan fingerprint density at radius 3 is 2.76 bits per heavy atom. The molecule has 0 radical (unpaired) electrons. The highest BCUT2D eigenvalue weighted by Gasteiger charge is 2.30. The van der Waals surface area contributed by atoms with Crippen molar-refractivity contribution >= 4 is 23.2 Å². The molecule has 0 unspecified atom stereocenters. The average molecular weight is 363 g/mol. The highest BCUT2D eigenvalue weighted by molar-refractivity contribution is 6.30. The molecule has 4 rings (SSSR count). The van der Waals surface area contributed by atoms with E-state index in [1.807, 2.05) is 6.92 Å². The molecule has 0 aliphatic carbocycles. The molecule has 1 fully saturated rings. The van der Waals surface area contributed by atoms with Gasteiger partial charge in [0.05, 0.1) is 5.02 Å². The summed E-state index contributed by atoms with van der Waals surface area (Å²) in [4.78, 5) is 22.8. The van der Waals surface area contributed by atoms with Gasteiger partial charge in [-0.3, -0.25) is 14.3 Å². The fraction of sp³-hybridized carbons (Fsp3) is 0.375. The van der Waals surface area contributed by atoms with Crippen LogP contribution in [0.5, 0.6) is 0 Å². The number of likely N-dealkylation sites (tertiary alicyclic amines) is 1. The number of nitrogens with one attached hydrogen (secondary N) is 1. The van der Waals surface area contributed by atoms with E-state index in [2.05, 4.69) is 20.2 Å². The number of carbonyl (C=O) groups excluding carboxylic acids is 1. The van der Waals surface area contributed by atoms with Crippen LogP contribution in [0.4, 0.5) is 4.39 Å². The Labute approximate surface area is 147 Å². The molecule has 0 saturated carbocycles. The molecule has 3 aromatic rings. The van der Waals surface area contributed by atoms with Crippen molar-refractivity contribution in [2.24, 2.45) is 0 Å². The third kappa shape index (κ3) is 2.86. The van der Waals surface area contributed by atoms with Gasteiger partial charge in [-0.2, -0.15) is 9.49 Å². The Hall–Kier alpha value is -2.48. The van der Waals surface area contributed by atoms with Crippen LogP contribution < -0.4 is 0 Å². The van der Waals surface area contributed by atoms with Gasteiger partial charge in [0.15, 0.2) is 11.5 Å². The topological polar surface area (TPSA) is 79.2 Å². The molecule has 0 spiro atoms. The highest BCUT2D eigenvalue weighted by Crippen LogP contribution is 2.26. The first-order valence-corrected chi connectivity index (χ1v) is 8.42. The van der Waals surface area contributed by atoms with Crippen molar-refractivity contribution in [3.8, 4) is 0 Å². The molecule has 9 heteroatoms. The lowest BCUT2D eigenvalue weighted by atomic mass is 9.96. The Bertz CT molecular complexity index is 943. The van der Waals surface area contributed by atoms with E-state index in [-0.39, 0.29) is 11.6 Å². The quantitative estimate of drug-likeness (QED) is 0.760.